The van der Waals surface area contributed by atoms with E-state index in [4.69, 9.17) is 19.6 Å². The highest BCUT2D eigenvalue weighted by atomic mass is 16.5. The SMILES string of the molecule is COc1cc(OC)nc(Cn2ccc3nc(N)nc(NCc4ncc(C)o4)c32)n1. The summed E-state index contributed by atoms with van der Waals surface area (Å²) in [5, 5.41) is 3.22. The van der Waals surface area contributed by atoms with Crippen molar-refractivity contribution in [1.82, 2.24) is 29.5 Å². The number of hydrogen-bond acceptors (Lipinski definition) is 10. The first-order chi connectivity index (χ1) is 14.1. The first-order valence-corrected chi connectivity index (χ1v) is 8.79. The fourth-order valence-electron chi connectivity index (χ4n) is 2.90. The van der Waals surface area contributed by atoms with Gasteiger partial charge in [-0.25, -0.2) is 9.97 Å². The van der Waals surface area contributed by atoms with E-state index in [1.165, 1.54) is 0 Å². The number of anilines is 2. The summed E-state index contributed by atoms with van der Waals surface area (Å²) >= 11 is 0. The monoisotopic (exact) mass is 396 g/mol. The molecule has 0 bridgehead atoms. The molecule has 0 amide bonds. The molecule has 11 heteroatoms. The van der Waals surface area contributed by atoms with Crippen LogP contribution in [0.25, 0.3) is 11.0 Å². The van der Waals surface area contributed by atoms with Gasteiger partial charge in [0.2, 0.25) is 23.6 Å². The highest BCUT2D eigenvalue weighted by Gasteiger charge is 2.14. The maximum Gasteiger partial charge on any atom is 0.222 e. The van der Waals surface area contributed by atoms with E-state index < -0.39 is 0 Å². The number of fused-ring (bicyclic) bond motifs is 1. The Bertz CT molecular complexity index is 1130. The molecule has 0 aliphatic heterocycles. The molecule has 0 aliphatic rings. The van der Waals surface area contributed by atoms with Crippen molar-refractivity contribution in [3.05, 3.63) is 42.0 Å². The van der Waals surface area contributed by atoms with Crippen LogP contribution in [0.3, 0.4) is 0 Å². The summed E-state index contributed by atoms with van der Waals surface area (Å²) in [4.78, 5) is 21.6. The maximum atomic E-state index is 5.87. The number of aryl methyl sites for hydroxylation is 1. The highest BCUT2D eigenvalue weighted by molar-refractivity contribution is 5.87. The van der Waals surface area contributed by atoms with E-state index in [0.29, 0.717) is 47.9 Å². The van der Waals surface area contributed by atoms with Gasteiger partial charge < -0.3 is 29.5 Å². The molecule has 150 valence electrons. The number of nitrogen functional groups attached to an aromatic ring is 1. The lowest BCUT2D eigenvalue weighted by molar-refractivity contribution is 0.367. The molecule has 4 heterocycles. The summed E-state index contributed by atoms with van der Waals surface area (Å²) in [7, 11) is 3.08. The molecule has 4 aromatic heterocycles. The Morgan fingerprint density at radius 2 is 1.90 bits per heavy atom. The number of oxazole rings is 1. The van der Waals surface area contributed by atoms with E-state index in [2.05, 4.69) is 30.2 Å². The second-order valence-electron chi connectivity index (χ2n) is 6.19. The average Bonchev–Trinajstić information content (AvgIpc) is 3.31. The van der Waals surface area contributed by atoms with Gasteiger partial charge in [0, 0.05) is 6.20 Å². The molecule has 0 aromatic carbocycles. The Balaban J connectivity index is 1.68. The highest BCUT2D eigenvalue weighted by Crippen LogP contribution is 2.24. The van der Waals surface area contributed by atoms with Crippen LogP contribution in [0.15, 0.2) is 28.9 Å². The molecule has 3 N–H and O–H groups in total. The lowest BCUT2D eigenvalue weighted by Crippen LogP contribution is -2.10. The summed E-state index contributed by atoms with van der Waals surface area (Å²) in [5.41, 5.74) is 7.32. The zero-order valence-electron chi connectivity index (χ0n) is 16.2. The van der Waals surface area contributed by atoms with Gasteiger partial charge in [0.05, 0.1) is 45.1 Å². The van der Waals surface area contributed by atoms with Gasteiger partial charge in [-0.1, -0.05) is 0 Å². The third kappa shape index (κ3) is 3.88. The predicted octanol–water partition coefficient (Wildman–Crippen LogP) is 1.78. The molecular formula is C18H20N8O3. The zero-order valence-corrected chi connectivity index (χ0v) is 16.2. The van der Waals surface area contributed by atoms with Crippen molar-refractivity contribution in [2.24, 2.45) is 0 Å². The van der Waals surface area contributed by atoms with Crippen LogP contribution in [0.4, 0.5) is 11.8 Å². The van der Waals surface area contributed by atoms with Crippen LogP contribution < -0.4 is 20.5 Å². The minimum atomic E-state index is 0.167. The van der Waals surface area contributed by atoms with Gasteiger partial charge >= 0.3 is 0 Å². The van der Waals surface area contributed by atoms with Crippen LogP contribution in [0.2, 0.25) is 0 Å². The van der Waals surface area contributed by atoms with Crippen molar-refractivity contribution in [3.8, 4) is 11.8 Å². The van der Waals surface area contributed by atoms with E-state index >= 15 is 0 Å². The van der Waals surface area contributed by atoms with E-state index in [-0.39, 0.29) is 5.95 Å². The Labute approximate surface area is 165 Å². The van der Waals surface area contributed by atoms with Crippen LogP contribution in [0, 0.1) is 6.92 Å². The largest absolute Gasteiger partial charge is 0.481 e. The van der Waals surface area contributed by atoms with Crippen LogP contribution >= 0.6 is 0 Å². The van der Waals surface area contributed by atoms with Crippen molar-refractivity contribution >= 4 is 22.8 Å². The van der Waals surface area contributed by atoms with Crippen LogP contribution in [0.5, 0.6) is 11.8 Å². The zero-order chi connectivity index (χ0) is 20.4. The summed E-state index contributed by atoms with van der Waals surface area (Å²) in [6, 6.07) is 3.47. The molecule has 0 unspecified atom stereocenters. The smallest absolute Gasteiger partial charge is 0.222 e. The Morgan fingerprint density at radius 1 is 1.14 bits per heavy atom. The summed E-state index contributed by atoms with van der Waals surface area (Å²) < 4.78 is 17.9. The molecule has 4 rings (SSSR count). The predicted molar refractivity (Wildman–Crippen MR) is 105 cm³/mol. The minimum absolute atomic E-state index is 0.167. The summed E-state index contributed by atoms with van der Waals surface area (Å²) in [6.45, 7) is 2.55. The van der Waals surface area contributed by atoms with E-state index in [9.17, 15) is 0 Å². The maximum absolute atomic E-state index is 5.87. The minimum Gasteiger partial charge on any atom is -0.481 e. The number of rotatable bonds is 7. The number of methoxy groups -OCH3 is 2. The van der Waals surface area contributed by atoms with Gasteiger partial charge in [-0.3, -0.25) is 0 Å². The number of nitrogens with one attached hydrogen (secondary N) is 1. The molecule has 4 aromatic rings. The van der Waals surface area contributed by atoms with Crippen molar-refractivity contribution in [3.63, 3.8) is 0 Å². The quantitative estimate of drug-likeness (QED) is 0.475. The standard InChI is InChI=1S/C18H20N8O3/c1-10-7-20-15(29-10)8-21-17-16-11(22-18(19)25-17)4-5-26(16)9-12-23-13(27-2)6-14(24-12)28-3/h4-7H,8-9H2,1-3H3,(H3,19,21,22,25). The molecule has 0 fully saturated rings. The Morgan fingerprint density at radius 3 is 2.55 bits per heavy atom. The number of aromatic nitrogens is 6. The number of ether oxygens (including phenoxy) is 2. The van der Waals surface area contributed by atoms with Gasteiger partial charge in [0.25, 0.3) is 0 Å². The number of hydrogen-bond donors (Lipinski definition) is 2. The Hall–Kier alpha value is -3.89. The topological polar surface area (TPSA) is 139 Å². The molecule has 0 spiro atoms. The normalized spacial score (nSPS) is 11.0. The lowest BCUT2D eigenvalue weighted by atomic mass is 10.4. The fourth-order valence-corrected chi connectivity index (χ4v) is 2.90. The number of nitrogens with two attached hydrogens (primary N) is 1. The average molecular weight is 396 g/mol. The first kappa shape index (κ1) is 18.5. The summed E-state index contributed by atoms with van der Waals surface area (Å²) in [5.74, 6) is 3.37. The molecule has 0 saturated heterocycles. The van der Waals surface area contributed by atoms with E-state index in [0.717, 1.165) is 11.3 Å². The molecule has 29 heavy (non-hydrogen) atoms. The second kappa shape index (κ2) is 7.62. The molecule has 0 aliphatic carbocycles. The fraction of sp³-hybridized carbons (Fsp3) is 0.278. The van der Waals surface area contributed by atoms with Gasteiger partial charge in [-0.2, -0.15) is 15.0 Å². The van der Waals surface area contributed by atoms with Crippen molar-refractivity contribution in [2.75, 3.05) is 25.3 Å². The van der Waals surface area contributed by atoms with Crippen molar-refractivity contribution < 1.29 is 13.9 Å². The van der Waals surface area contributed by atoms with Gasteiger partial charge in [-0.15, -0.1) is 0 Å². The molecule has 0 radical (unpaired) electrons. The van der Waals surface area contributed by atoms with Gasteiger partial charge in [0.15, 0.2) is 11.6 Å². The Kier molecular flexibility index (Phi) is 4.85. The lowest BCUT2D eigenvalue weighted by Gasteiger charge is -2.11. The van der Waals surface area contributed by atoms with E-state index in [1.54, 1.807) is 26.5 Å². The van der Waals surface area contributed by atoms with Crippen molar-refractivity contribution in [2.45, 2.75) is 20.0 Å². The molecule has 11 nitrogen and oxygen atoms in total. The second-order valence-corrected chi connectivity index (χ2v) is 6.19. The third-order valence-electron chi connectivity index (χ3n) is 4.16. The molecular weight excluding hydrogens is 376 g/mol. The van der Waals surface area contributed by atoms with Gasteiger partial charge in [0.1, 0.15) is 11.3 Å². The molecule has 0 saturated carbocycles. The third-order valence-corrected chi connectivity index (χ3v) is 4.16. The number of nitrogens with zero attached hydrogens (tertiary/aromatic N) is 6. The van der Waals surface area contributed by atoms with Crippen LogP contribution in [0.1, 0.15) is 17.5 Å². The van der Waals surface area contributed by atoms with E-state index in [1.807, 2.05) is 23.8 Å². The van der Waals surface area contributed by atoms with Crippen LogP contribution in [-0.2, 0) is 13.1 Å². The van der Waals surface area contributed by atoms with Crippen molar-refractivity contribution in [1.29, 1.82) is 0 Å². The van der Waals surface area contributed by atoms with Crippen LogP contribution in [-0.4, -0.2) is 43.7 Å². The molecule has 0 atom stereocenters. The van der Waals surface area contributed by atoms with Gasteiger partial charge in [-0.05, 0) is 13.0 Å². The first-order valence-electron chi connectivity index (χ1n) is 8.79. The summed E-state index contributed by atoms with van der Waals surface area (Å²) in [6.07, 6.45) is 3.53.